The zero-order valence-electron chi connectivity index (χ0n) is 26.4. The molecule has 50 heavy (non-hydrogen) atoms. The van der Waals surface area contributed by atoms with E-state index < -0.39 is 46.8 Å². The summed E-state index contributed by atoms with van der Waals surface area (Å²) < 4.78 is 100.0. The maximum atomic E-state index is 13.9. The maximum absolute atomic E-state index is 13.9. The number of likely N-dealkylation sites (tertiary alicyclic amines) is 1. The topological polar surface area (TPSA) is 87.7 Å². The Kier molecular flexibility index (Phi) is 9.55. The van der Waals surface area contributed by atoms with Crippen molar-refractivity contribution in [2.45, 2.75) is 50.4 Å². The maximum Gasteiger partial charge on any atom is 0.419 e. The van der Waals surface area contributed by atoms with E-state index >= 15 is 0 Å². The summed E-state index contributed by atoms with van der Waals surface area (Å²) in [6.07, 6.45) is -5.47. The molecule has 0 spiro atoms. The third kappa shape index (κ3) is 7.14. The highest BCUT2D eigenvalue weighted by Gasteiger charge is 2.36. The van der Waals surface area contributed by atoms with Gasteiger partial charge in [-0.15, -0.1) is 11.3 Å². The molecule has 0 radical (unpaired) electrons. The van der Waals surface area contributed by atoms with E-state index in [9.17, 15) is 45.1 Å². The molecule has 1 saturated heterocycles. The number of nitrogens with one attached hydrogen (secondary N) is 2. The summed E-state index contributed by atoms with van der Waals surface area (Å²) in [4.78, 5) is 41.9. The zero-order valence-corrected chi connectivity index (χ0v) is 27.3. The van der Waals surface area contributed by atoms with E-state index in [1.54, 1.807) is 18.2 Å². The smallest absolute Gasteiger partial charge is 0.419 e. The van der Waals surface area contributed by atoms with Crippen LogP contribution in [0.4, 0.5) is 42.1 Å². The lowest BCUT2D eigenvalue weighted by atomic mass is 9.83. The van der Waals surface area contributed by atoms with Crippen LogP contribution in [0.5, 0.6) is 5.75 Å². The fourth-order valence-electron chi connectivity index (χ4n) is 6.27. The second kappa shape index (κ2) is 13.6. The zero-order chi connectivity index (χ0) is 36.0. The van der Waals surface area contributed by atoms with Gasteiger partial charge in [0.15, 0.2) is 0 Å². The number of anilines is 2. The molecule has 1 aromatic heterocycles. The Bertz CT molecular complexity index is 1970. The van der Waals surface area contributed by atoms with Crippen LogP contribution in [0.3, 0.4) is 0 Å². The number of fused-ring (bicyclic) bond motifs is 1. The van der Waals surface area contributed by atoms with Crippen molar-refractivity contribution in [3.05, 3.63) is 87.5 Å². The Morgan fingerprint density at radius 2 is 1.62 bits per heavy atom. The van der Waals surface area contributed by atoms with Gasteiger partial charge in [0.1, 0.15) is 16.4 Å². The number of hydrogen-bond acceptors (Lipinski definition) is 5. The van der Waals surface area contributed by atoms with Gasteiger partial charge in [-0.1, -0.05) is 18.6 Å². The van der Waals surface area contributed by atoms with E-state index in [1.807, 2.05) is 4.90 Å². The Labute approximate surface area is 285 Å². The first kappa shape index (κ1) is 35.2. The summed E-state index contributed by atoms with van der Waals surface area (Å²) in [6.45, 7) is 1.13. The normalized spacial score (nSPS) is 17.0. The summed E-state index contributed by atoms with van der Waals surface area (Å²) >= 11 is 0.587. The molecule has 0 bridgehead atoms. The van der Waals surface area contributed by atoms with Crippen LogP contribution in [0.25, 0.3) is 10.1 Å². The lowest BCUT2D eigenvalue weighted by Gasteiger charge is -2.37. The summed E-state index contributed by atoms with van der Waals surface area (Å²) in [5.74, 6) is -3.11. The number of carbonyl (C=O) groups excluding carboxylic acids is 3. The van der Waals surface area contributed by atoms with Gasteiger partial charge in [-0.25, -0.2) is 4.39 Å². The highest BCUT2D eigenvalue weighted by atomic mass is 32.1. The highest BCUT2D eigenvalue weighted by Crippen LogP contribution is 2.41. The fraction of sp³-hybridized carbons (Fsp3) is 0.343. The molecule has 264 valence electrons. The average molecular weight is 722 g/mol. The predicted octanol–water partition coefficient (Wildman–Crippen LogP) is 9.10. The minimum absolute atomic E-state index is 0.0329. The molecule has 2 fully saturated rings. The van der Waals surface area contributed by atoms with Gasteiger partial charge in [-0.3, -0.25) is 14.4 Å². The Hall–Kier alpha value is -4.66. The van der Waals surface area contributed by atoms with Gasteiger partial charge in [0.05, 0.1) is 29.5 Å². The number of amides is 3. The molecular formula is C35H30F7N3O4S. The number of carbonyl (C=O) groups is 3. The molecule has 4 aromatic rings. The van der Waals surface area contributed by atoms with Crippen LogP contribution in [0.1, 0.15) is 74.7 Å². The number of rotatable bonds is 7. The van der Waals surface area contributed by atoms with Gasteiger partial charge in [-0.2, -0.15) is 26.3 Å². The average Bonchev–Trinajstić information content (AvgIpc) is 3.41. The van der Waals surface area contributed by atoms with Crippen molar-refractivity contribution in [1.29, 1.82) is 0 Å². The van der Waals surface area contributed by atoms with Crippen molar-refractivity contribution < 1.29 is 49.9 Å². The second-order valence-corrected chi connectivity index (χ2v) is 13.4. The molecule has 3 amide bonds. The number of piperidine rings is 1. The van der Waals surface area contributed by atoms with Crippen molar-refractivity contribution in [2.75, 3.05) is 30.8 Å². The molecule has 2 heterocycles. The first-order valence-corrected chi connectivity index (χ1v) is 16.6. The van der Waals surface area contributed by atoms with Crippen molar-refractivity contribution in [2.24, 2.45) is 5.92 Å². The van der Waals surface area contributed by atoms with Crippen molar-refractivity contribution in [1.82, 2.24) is 4.90 Å². The number of hydrogen-bond donors (Lipinski definition) is 2. The molecule has 3 aromatic carbocycles. The summed E-state index contributed by atoms with van der Waals surface area (Å²) in [5.41, 5.74) is -2.44. The van der Waals surface area contributed by atoms with Crippen LogP contribution in [-0.4, -0.2) is 42.8 Å². The van der Waals surface area contributed by atoms with Crippen molar-refractivity contribution >= 4 is 50.5 Å². The van der Waals surface area contributed by atoms with E-state index in [1.165, 1.54) is 7.11 Å². The molecule has 2 N–H and O–H groups in total. The molecular weight excluding hydrogens is 691 g/mol. The minimum atomic E-state index is -5.06. The van der Waals surface area contributed by atoms with Crippen LogP contribution in [0.15, 0.2) is 54.6 Å². The quantitative estimate of drug-likeness (QED) is 0.187. The number of halogens is 7. The van der Waals surface area contributed by atoms with Crippen molar-refractivity contribution in [3.63, 3.8) is 0 Å². The molecule has 6 rings (SSSR count). The third-order valence-corrected chi connectivity index (χ3v) is 10.3. The van der Waals surface area contributed by atoms with Gasteiger partial charge in [0.2, 0.25) is 5.91 Å². The van der Waals surface area contributed by atoms with Crippen LogP contribution >= 0.6 is 11.3 Å². The fourth-order valence-corrected chi connectivity index (χ4v) is 7.36. The van der Waals surface area contributed by atoms with Gasteiger partial charge < -0.3 is 20.3 Å². The largest absolute Gasteiger partial charge is 0.496 e. The summed E-state index contributed by atoms with van der Waals surface area (Å²) in [5, 5.41) is 4.94. The minimum Gasteiger partial charge on any atom is -0.496 e. The number of nitrogens with zero attached hydrogens (tertiary/aromatic N) is 1. The van der Waals surface area contributed by atoms with E-state index in [2.05, 4.69) is 10.6 Å². The van der Waals surface area contributed by atoms with Gasteiger partial charge in [0.25, 0.3) is 11.8 Å². The van der Waals surface area contributed by atoms with Crippen molar-refractivity contribution in [3.8, 4) is 5.75 Å². The van der Waals surface area contributed by atoms with Crippen LogP contribution in [-0.2, 0) is 17.1 Å². The van der Waals surface area contributed by atoms with E-state index in [0.717, 1.165) is 61.9 Å². The molecule has 1 unspecified atom stereocenters. The number of thiophene rings is 1. The van der Waals surface area contributed by atoms with Crippen LogP contribution in [0.2, 0.25) is 0 Å². The number of alkyl halides is 6. The van der Waals surface area contributed by atoms with E-state index in [-0.39, 0.29) is 49.7 Å². The van der Waals surface area contributed by atoms with Crippen LogP contribution in [0, 0.1) is 11.7 Å². The third-order valence-electron chi connectivity index (χ3n) is 9.12. The van der Waals surface area contributed by atoms with Gasteiger partial charge >= 0.3 is 12.4 Å². The SMILES string of the molecule is COc1ccc(C2CCCN(C(=O)C3CCC3)C2)cc1C(=O)Nc1c(C(=O)Nc2ccc(F)c(C(F)(F)F)c2)sc2cc(C(F)(F)F)ccc12. The summed E-state index contributed by atoms with van der Waals surface area (Å²) in [6, 6.07) is 9.49. The Balaban J connectivity index is 1.33. The number of methoxy groups -OCH3 is 1. The molecule has 2 aliphatic rings. The summed E-state index contributed by atoms with van der Waals surface area (Å²) in [7, 11) is 1.35. The molecule has 1 aliphatic heterocycles. The monoisotopic (exact) mass is 721 g/mol. The molecule has 1 aliphatic carbocycles. The second-order valence-electron chi connectivity index (χ2n) is 12.3. The Morgan fingerprint density at radius 1 is 0.860 bits per heavy atom. The Morgan fingerprint density at radius 3 is 2.28 bits per heavy atom. The first-order chi connectivity index (χ1) is 23.6. The standard InChI is InChI=1S/C35H30F7N3O4S/c1-49-27-12-7-19(20-6-3-13-45(17-20)33(48)18-4-2-5-18)14-24(27)31(46)44-29-23-10-8-21(34(37,38)39)15-28(23)50-30(29)32(47)43-22-9-11-26(36)25(16-22)35(40,41)42/h7-12,14-16,18,20H,2-6,13,17H2,1H3,(H,43,47)(H,44,46). The van der Waals surface area contributed by atoms with Crippen LogP contribution < -0.4 is 15.4 Å². The molecule has 1 atom stereocenters. The number of ether oxygens (including phenoxy) is 1. The van der Waals surface area contributed by atoms with E-state index in [4.69, 9.17) is 4.74 Å². The lowest BCUT2D eigenvalue weighted by molar-refractivity contribution is -0.140. The predicted molar refractivity (Wildman–Crippen MR) is 173 cm³/mol. The van der Waals surface area contributed by atoms with E-state index in [0.29, 0.717) is 36.6 Å². The number of benzene rings is 3. The lowest BCUT2D eigenvalue weighted by Crippen LogP contribution is -2.44. The van der Waals surface area contributed by atoms with Gasteiger partial charge in [-0.05, 0) is 73.7 Å². The molecule has 1 saturated carbocycles. The molecule has 15 heteroatoms. The highest BCUT2D eigenvalue weighted by molar-refractivity contribution is 7.21. The molecule has 7 nitrogen and oxygen atoms in total. The first-order valence-electron chi connectivity index (χ1n) is 15.7. The van der Waals surface area contributed by atoms with Gasteiger partial charge in [0, 0.05) is 40.7 Å².